The Balaban J connectivity index is 2.88. The molecule has 0 radical (unpaired) electrons. The minimum absolute atomic E-state index is 0.101. The summed E-state index contributed by atoms with van der Waals surface area (Å²) < 4.78 is 32.9. The zero-order chi connectivity index (χ0) is 15.3. The molecule has 1 atom stereocenters. The Hall–Kier alpha value is -2.00. The molecule has 0 aliphatic carbocycles. The fraction of sp³-hybridized carbons (Fsp3) is 0.364. The Kier molecular flexibility index (Phi) is 5.17. The molecule has 0 unspecified atom stereocenters. The van der Waals surface area contributed by atoms with Gasteiger partial charge in [-0.05, 0) is 26.0 Å². The van der Waals surface area contributed by atoms with E-state index < -0.39 is 27.1 Å². The molecule has 0 N–H and O–H groups in total. The highest BCUT2D eigenvalue weighted by molar-refractivity contribution is 7.86. The van der Waals surface area contributed by atoms with Crippen LogP contribution in [0.1, 0.15) is 13.8 Å². The van der Waals surface area contributed by atoms with E-state index in [9.17, 15) is 23.3 Å². The molecule has 0 aliphatic rings. The number of nitrogens with zero attached hydrogens (tertiary/aromatic N) is 1. The molecule has 9 heteroatoms. The standard InChI is InChI=1S/C11H13NO7S/c1-3-18-11(13)8(2)19-20(16,17)10-6-4-9(5-7-10)12(14)15/h4-8H,3H2,1-2H3/t8-/m1/s1. The third kappa shape index (κ3) is 4.00. The van der Waals surface area contributed by atoms with Crippen molar-refractivity contribution < 1.29 is 27.1 Å². The number of nitro benzene ring substituents is 1. The average molecular weight is 303 g/mol. The Morgan fingerprint density at radius 3 is 2.35 bits per heavy atom. The number of carbonyl (C=O) groups excluding carboxylic acids is 1. The summed E-state index contributed by atoms with van der Waals surface area (Å²) in [5, 5.41) is 10.5. The van der Waals surface area contributed by atoms with Crippen LogP contribution in [0.3, 0.4) is 0 Å². The van der Waals surface area contributed by atoms with Crippen LogP contribution >= 0.6 is 0 Å². The summed E-state index contributed by atoms with van der Waals surface area (Å²) in [6.45, 7) is 2.92. The second kappa shape index (κ2) is 6.44. The molecule has 1 aromatic carbocycles. The van der Waals surface area contributed by atoms with E-state index in [4.69, 9.17) is 0 Å². The van der Waals surface area contributed by atoms with Gasteiger partial charge in [-0.25, -0.2) is 4.79 Å². The number of rotatable bonds is 6. The zero-order valence-corrected chi connectivity index (χ0v) is 11.6. The molecule has 0 aromatic heterocycles. The van der Waals surface area contributed by atoms with Crippen molar-refractivity contribution in [3.8, 4) is 0 Å². The Morgan fingerprint density at radius 1 is 1.35 bits per heavy atom. The van der Waals surface area contributed by atoms with Crippen LogP contribution in [-0.4, -0.2) is 32.0 Å². The summed E-state index contributed by atoms with van der Waals surface area (Å²) in [4.78, 5) is 20.8. The van der Waals surface area contributed by atoms with Crippen LogP contribution in [-0.2, 0) is 23.8 Å². The van der Waals surface area contributed by atoms with E-state index in [2.05, 4.69) is 8.92 Å². The number of hydrogen-bond donors (Lipinski definition) is 0. The number of ether oxygens (including phenoxy) is 1. The normalized spacial score (nSPS) is 12.7. The first kappa shape index (κ1) is 16.1. The Morgan fingerprint density at radius 2 is 1.90 bits per heavy atom. The molecule has 0 saturated carbocycles. The van der Waals surface area contributed by atoms with Crippen molar-refractivity contribution >= 4 is 21.8 Å². The lowest BCUT2D eigenvalue weighted by Gasteiger charge is -2.11. The SMILES string of the molecule is CCOC(=O)[C@@H](C)OS(=O)(=O)c1ccc([N+](=O)[O-])cc1. The quantitative estimate of drug-likeness (QED) is 0.336. The number of non-ortho nitro benzene ring substituents is 1. The molecule has 1 aromatic rings. The second-order valence-electron chi connectivity index (χ2n) is 3.70. The summed E-state index contributed by atoms with van der Waals surface area (Å²) in [7, 11) is -4.19. The second-order valence-corrected chi connectivity index (χ2v) is 5.27. The van der Waals surface area contributed by atoms with Crippen LogP contribution in [0.15, 0.2) is 29.2 Å². The van der Waals surface area contributed by atoms with Crippen molar-refractivity contribution in [1.29, 1.82) is 0 Å². The molecular formula is C11H13NO7S. The summed E-state index contributed by atoms with van der Waals surface area (Å²) in [6.07, 6.45) is -1.30. The van der Waals surface area contributed by atoms with E-state index in [1.54, 1.807) is 6.92 Å². The monoisotopic (exact) mass is 303 g/mol. The van der Waals surface area contributed by atoms with Gasteiger partial charge in [-0.1, -0.05) is 0 Å². The molecule has 0 bridgehead atoms. The first-order valence-corrected chi connectivity index (χ1v) is 7.03. The third-order valence-electron chi connectivity index (χ3n) is 2.23. The van der Waals surface area contributed by atoms with Crippen LogP contribution < -0.4 is 0 Å². The molecule has 0 fully saturated rings. The summed E-state index contributed by atoms with van der Waals surface area (Å²) >= 11 is 0. The van der Waals surface area contributed by atoms with Crippen LogP contribution in [0.4, 0.5) is 5.69 Å². The van der Waals surface area contributed by atoms with Crippen molar-refractivity contribution in [3.63, 3.8) is 0 Å². The number of nitro groups is 1. The van der Waals surface area contributed by atoms with Gasteiger partial charge in [0.15, 0.2) is 6.10 Å². The van der Waals surface area contributed by atoms with Gasteiger partial charge in [0.1, 0.15) is 0 Å². The fourth-order valence-electron chi connectivity index (χ4n) is 1.28. The van der Waals surface area contributed by atoms with Crippen LogP contribution in [0.25, 0.3) is 0 Å². The third-order valence-corrected chi connectivity index (χ3v) is 3.62. The summed E-state index contributed by atoms with van der Waals surface area (Å²) in [5.41, 5.74) is -0.248. The Bertz CT molecular complexity index is 594. The van der Waals surface area contributed by atoms with Crippen LogP contribution in [0.5, 0.6) is 0 Å². The molecule has 0 spiro atoms. The van der Waals surface area contributed by atoms with E-state index in [0.717, 1.165) is 24.3 Å². The highest BCUT2D eigenvalue weighted by atomic mass is 32.2. The van der Waals surface area contributed by atoms with E-state index in [1.807, 2.05) is 0 Å². The van der Waals surface area contributed by atoms with E-state index in [1.165, 1.54) is 6.92 Å². The van der Waals surface area contributed by atoms with Crippen molar-refractivity contribution in [1.82, 2.24) is 0 Å². The summed E-state index contributed by atoms with van der Waals surface area (Å²) in [6, 6.07) is 4.13. The molecule has 0 saturated heterocycles. The topological polar surface area (TPSA) is 113 Å². The smallest absolute Gasteiger partial charge is 0.336 e. The number of esters is 1. The number of hydrogen-bond acceptors (Lipinski definition) is 7. The molecule has 8 nitrogen and oxygen atoms in total. The average Bonchev–Trinajstić information content (AvgIpc) is 2.38. The molecule has 0 aliphatic heterocycles. The Labute approximate surface area is 115 Å². The number of carbonyl (C=O) groups is 1. The van der Waals surface area contributed by atoms with Gasteiger partial charge in [-0.3, -0.25) is 14.3 Å². The molecular weight excluding hydrogens is 290 g/mol. The van der Waals surface area contributed by atoms with Gasteiger partial charge in [0.25, 0.3) is 15.8 Å². The van der Waals surface area contributed by atoms with Crippen molar-refractivity contribution in [2.24, 2.45) is 0 Å². The molecule has 0 amide bonds. The first-order chi connectivity index (χ1) is 9.27. The largest absolute Gasteiger partial charge is 0.464 e. The highest BCUT2D eigenvalue weighted by Gasteiger charge is 2.25. The van der Waals surface area contributed by atoms with Crippen molar-refractivity contribution in [2.75, 3.05) is 6.61 Å². The lowest BCUT2D eigenvalue weighted by atomic mass is 10.3. The highest BCUT2D eigenvalue weighted by Crippen LogP contribution is 2.18. The van der Waals surface area contributed by atoms with E-state index in [-0.39, 0.29) is 17.2 Å². The van der Waals surface area contributed by atoms with Gasteiger partial charge >= 0.3 is 5.97 Å². The first-order valence-electron chi connectivity index (χ1n) is 5.62. The predicted octanol–water partition coefficient (Wildman–Crippen LogP) is 1.25. The fourth-order valence-corrected chi connectivity index (χ4v) is 2.32. The van der Waals surface area contributed by atoms with Gasteiger partial charge in [-0.15, -0.1) is 0 Å². The zero-order valence-electron chi connectivity index (χ0n) is 10.8. The minimum atomic E-state index is -4.19. The minimum Gasteiger partial charge on any atom is -0.464 e. The van der Waals surface area contributed by atoms with E-state index in [0.29, 0.717) is 0 Å². The van der Waals surface area contributed by atoms with Crippen molar-refractivity contribution in [3.05, 3.63) is 34.4 Å². The maximum absolute atomic E-state index is 11.8. The van der Waals surface area contributed by atoms with Gasteiger partial charge < -0.3 is 4.74 Å². The summed E-state index contributed by atoms with van der Waals surface area (Å²) in [5.74, 6) is -0.807. The van der Waals surface area contributed by atoms with Gasteiger partial charge in [0.05, 0.1) is 16.4 Å². The lowest BCUT2D eigenvalue weighted by Crippen LogP contribution is -2.26. The molecule has 0 heterocycles. The maximum Gasteiger partial charge on any atom is 0.336 e. The van der Waals surface area contributed by atoms with Crippen LogP contribution in [0, 0.1) is 10.1 Å². The number of benzene rings is 1. The maximum atomic E-state index is 11.8. The van der Waals surface area contributed by atoms with Gasteiger partial charge in [0.2, 0.25) is 0 Å². The van der Waals surface area contributed by atoms with Gasteiger partial charge in [-0.2, -0.15) is 8.42 Å². The van der Waals surface area contributed by atoms with Crippen LogP contribution in [0.2, 0.25) is 0 Å². The molecule has 110 valence electrons. The van der Waals surface area contributed by atoms with Gasteiger partial charge in [0, 0.05) is 12.1 Å². The van der Waals surface area contributed by atoms with E-state index >= 15 is 0 Å². The molecule has 1 rings (SSSR count). The molecule has 20 heavy (non-hydrogen) atoms. The van der Waals surface area contributed by atoms with Crippen molar-refractivity contribution in [2.45, 2.75) is 24.8 Å². The lowest BCUT2D eigenvalue weighted by molar-refractivity contribution is -0.384. The predicted molar refractivity (Wildman–Crippen MR) is 67.5 cm³/mol.